The van der Waals surface area contributed by atoms with Gasteiger partial charge in [-0.15, -0.1) is 0 Å². The number of nitrogens with one attached hydrogen (secondary N) is 3. The summed E-state index contributed by atoms with van der Waals surface area (Å²) in [6, 6.07) is 21.1. The van der Waals surface area contributed by atoms with Crippen LogP contribution in [0.2, 0.25) is 0 Å². The molecule has 4 rings (SSSR count). The van der Waals surface area contributed by atoms with Gasteiger partial charge in [0.15, 0.2) is 0 Å². The Morgan fingerprint density at radius 2 is 1.47 bits per heavy atom. The van der Waals surface area contributed by atoms with E-state index >= 15 is 0 Å². The molecule has 2 unspecified atom stereocenters. The number of hydrogen-bond donors (Lipinski definition) is 3. The van der Waals surface area contributed by atoms with Crippen LogP contribution in [0.5, 0.6) is 0 Å². The molecule has 3 aromatic rings. The Hall–Kier alpha value is -3.93. The van der Waals surface area contributed by atoms with E-state index in [9.17, 15) is 14.4 Å². The number of amides is 3. The Kier molecular flexibility index (Phi) is 6.03. The van der Waals surface area contributed by atoms with Crippen LogP contribution in [0.25, 0.3) is 0 Å². The molecular formula is C26H25N3O3. The number of anilines is 3. The first-order chi connectivity index (χ1) is 15.4. The molecule has 1 aliphatic carbocycles. The van der Waals surface area contributed by atoms with Gasteiger partial charge in [-0.05, 0) is 67.3 Å². The summed E-state index contributed by atoms with van der Waals surface area (Å²) in [7, 11) is 0. The van der Waals surface area contributed by atoms with Crippen molar-refractivity contribution in [1.29, 1.82) is 0 Å². The molecule has 0 aliphatic heterocycles. The molecule has 1 fully saturated rings. The molecule has 162 valence electrons. The molecule has 1 saturated carbocycles. The van der Waals surface area contributed by atoms with E-state index in [1.165, 1.54) is 0 Å². The largest absolute Gasteiger partial charge is 0.326 e. The molecule has 1 aliphatic rings. The van der Waals surface area contributed by atoms with Gasteiger partial charge in [-0.3, -0.25) is 14.4 Å². The molecule has 0 spiro atoms. The third kappa shape index (κ3) is 5.03. The van der Waals surface area contributed by atoms with E-state index in [-0.39, 0.29) is 23.6 Å². The number of hydrogen-bond acceptors (Lipinski definition) is 3. The van der Waals surface area contributed by atoms with Gasteiger partial charge in [-0.25, -0.2) is 0 Å². The van der Waals surface area contributed by atoms with E-state index in [4.69, 9.17) is 0 Å². The van der Waals surface area contributed by atoms with E-state index in [1.807, 2.05) is 38.1 Å². The normalized spacial score (nSPS) is 16.7. The number of rotatable bonds is 6. The summed E-state index contributed by atoms with van der Waals surface area (Å²) in [4.78, 5) is 37.9. The zero-order valence-electron chi connectivity index (χ0n) is 18.0. The van der Waals surface area contributed by atoms with Crippen molar-refractivity contribution in [2.45, 2.75) is 20.3 Å². The fourth-order valence-electron chi connectivity index (χ4n) is 3.57. The van der Waals surface area contributed by atoms with Crippen molar-refractivity contribution in [3.63, 3.8) is 0 Å². The molecule has 3 N–H and O–H groups in total. The van der Waals surface area contributed by atoms with Crippen molar-refractivity contribution >= 4 is 34.8 Å². The van der Waals surface area contributed by atoms with Gasteiger partial charge in [0, 0.05) is 22.9 Å². The summed E-state index contributed by atoms with van der Waals surface area (Å²) < 4.78 is 0. The number of para-hydroxylation sites is 1. The highest BCUT2D eigenvalue weighted by Crippen LogP contribution is 2.38. The standard InChI is InChI=1S/C26H25N3O3/c1-16-7-5-9-19(13-16)27-25(31)21-11-3-4-12-23(21)29-24(30)18-8-6-10-20(15-18)28-26(32)22-14-17(22)2/h3-13,15,17,22H,14H2,1-2H3,(H,27,31)(H,28,32)(H,29,30). The smallest absolute Gasteiger partial charge is 0.257 e. The minimum Gasteiger partial charge on any atom is -0.326 e. The highest BCUT2D eigenvalue weighted by molar-refractivity contribution is 6.12. The van der Waals surface area contributed by atoms with Gasteiger partial charge < -0.3 is 16.0 Å². The number of carbonyl (C=O) groups is 3. The zero-order valence-corrected chi connectivity index (χ0v) is 18.0. The fourth-order valence-corrected chi connectivity index (χ4v) is 3.57. The summed E-state index contributed by atoms with van der Waals surface area (Å²) in [5.41, 5.74) is 3.45. The highest BCUT2D eigenvalue weighted by Gasteiger charge is 2.39. The van der Waals surface area contributed by atoms with Crippen molar-refractivity contribution in [3.05, 3.63) is 89.5 Å². The summed E-state index contributed by atoms with van der Waals surface area (Å²) in [6.45, 7) is 3.99. The maximum atomic E-state index is 12.9. The molecule has 2 atom stereocenters. The minimum absolute atomic E-state index is 0.0202. The second-order valence-corrected chi connectivity index (χ2v) is 8.21. The van der Waals surface area contributed by atoms with Crippen LogP contribution in [0, 0.1) is 18.8 Å². The molecule has 3 aromatic carbocycles. The lowest BCUT2D eigenvalue weighted by Crippen LogP contribution is -2.19. The Bertz CT molecular complexity index is 1190. The average molecular weight is 428 g/mol. The van der Waals surface area contributed by atoms with Crippen LogP contribution in [0.15, 0.2) is 72.8 Å². The second kappa shape index (κ2) is 9.06. The van der Waals surface area contributed by atoms with E-state index in [0.717, 1.165) is 12.0 Å². The summed E-state index contributed by atoms with van der Waals surface area (Å²) in [6.07, 6.45) is 0.896. The lowest BCUT2D eigenvalue weighted by molar-refractivity contribution is -0.117. The molecular weight excluding hydrogens is 402 g/mol. The summed E-state index contributed by atoms with van der Waals surface area (Å²) in [5.74, 6) is -0.244. The average Bonchev–Trinajstić information content (AvgIpc) is 3.51. The van der Waals surface area contributed by atoms with Crippen LogP contribution in [-0.4, -0.2) is 17.7 Å². The number of benzene rings is 3. The quantitative estimate of drug-likeness (QED) is 0.512. The van der Waals surface area contributed by atoms with E-state index in [0.29, 0.717) is 34.1 Å². The Labute approximate surface area is 187 Å². The van der Waals surface area contributed by atoms with Gasteiger partial charge in [-0.1, -0.05) is 37.3 Å². The van der Waals surface area contributed by atoms with Crippen LogP contribution >= 0.6 is 0 Å². The molecule has 0 saturated heterocycles. The topological polar surface area (TPSA) is 87.3 Å². The molecule has 6 heteroatoms. The monoisotopic (exact) mass is 427 g/mol. The first-order valence-corrected chi connectivity index (χ1v) is 10.6. The van der Waals surface area contributed by atoms with E-state index < -0.39 is 0 Å². The lowest BCUT2D eigenvalue weighted by atomic mass is 10.1. The van der Waals surface area contributed by atoms with E-state index in [1.54, 1.807) is 48.5 Å². The SMILES string of the molecule is Cc1cccc(NC(=O)c2ccccc2NC(=O)c2cccc(NC(=O)C3CC3C)c2)c1. The molecule has 32 heavy (non-hydrogen) atoms. The first-order valence-electron chi connectivity index (χ1n) is 10.6. The molecule has 0 heterocycles. The maximum absolute atomic E-state index is 12.9. The lowest BCUT2D eigenvalue weighted by Gasteiger charge is -2.12. The van der Waals surface area contributed by atoms with Gasteiger partial charge >= 0.3 is 0 Å². The molecule has 6 nitrogen and oxygen atoms in total. The van der Waals surface area contributed by atoms with Crippen LogP contribution in [-0.2, 0) is 4.79 Å². The third-order valence-electron chi connectivity index (χ3n) is 5.53. The number of carbonyl (C=O) groups excluding carboxylic acids is 3. The third-order valence-corrected chi connectivity index (χ3v) is 5.53. The van der Waals surface area contributed by atoms with Gasteiger partial charge in [-0.2, -0.15) is 0 Å². The fraction of sp³-hybridized carbons (Fsp3) is 0.192. The van der Waals surface area contributed by atoms with Gasteiger partial charge in [0.05, 0.1) is 11.3 Å². The Morgan fingerprint density at radius 1 is 0.781 bits per heavy atom. The predicted octanol–water partition coefficient (Wildman–Crippen LogP) is 5.09. The molecule has 0 radical (unpaired) electrons. The van der Waals surface area contributed by atoms with Crippen molar-refractivity contribution in [3.8, 4) is 0 Å². The molecule has 0 aromatic heterocycles. The highest BCUT2D eigenvalue weighted by atomic mass is 16.2. The molecule has 0 bridgehead atoms. The maximum Gasteiger partial charge on any atom is 0.257 e. The van der Waals surface area contributed by atoms with Crippen molar-refractivity contribution in [1.82, 2.24) is 0 Å². The second-order valence-electron chi connectivity index (χ2n) is 8.21. The summed E-state index contributed by atoms with van der Waals surface area (Å²) >= 11 is 0. The van der Waals surface area contributed by atoms with Crippen molar-refractivity contribution < 1.29 is 14.4 Å². The molecule has 3 amide bonds. The van der Waals surface area contributed by atoms with Gasteiger partial charge in [0.25, 0.3) is 11.8 Å². The van der Waals surface area contributed by atoms with Gasteiger partial charge in [0.2, 0.25) is 5.91 Å². The van der Waals surface area contributed by atoms with Gasteiger partial charge in [0.1, 0.15) is 0 Å². The van der Waals surface area contributed by atoms with Crippen LogP contribution < -0.4 is 16.0 Å². The zero-order chi connectivity index (χ0) is 22.7. The Morgan fingerprint density at radius 3 is 2.19 bits per heavy atom. The first kappa shape index (κ1) is 21.3. The minimum atomic E-state index is -0.364. The van der Waals surface area contributed by atoms with Crippen LogP contribution in [0.1, 0.15) is 39.6 Å². The number of aryl methyl sites for hydroxylation is 1. The van der Waals surface area contributed by atoms with Crippen LogP contribution in [0.4, 0.5) is 17.1 Å². The summed E-state index contributed by atoms with van der Waals surface area (Å²) in [5, 5.41) is 8.55. The van der Waals surface area contributed by atoms with Crippen molar-refractivity contribution in [2.24, 2.45) is 11.8 Å². The Balaban J connectivity index is 1.47. The van der Waals surface area contributed by atoms with E-state index in [2.05, 4.69) is 16.0 Å². The van der Waals surface area contributed by atoms with Crippen molar-refractivity contribution in [2.75, 3.05) is 16.0 Å². The van der Waals surface area contributed by atoms with Crippen LogP contribution in [0.3, 0.4) is 0 Å². The predicted molar refractivity (Wildman–Crippen MR) is 126 cm³/mol.